The Bertz CT molecular complexity index is 728. The second-order valence-corrected chi connectivity index (χ2v) is 13.2. The highest BCUT2D eigenvalue weighted by Gasteiger charge is 2.48. The van der Waals surface area contributed by atoms with Crippen LogP contribution in [0.4, 0.5) is 0 Å². The Hall–Kier alpha value is -0.700. The number of carbonyl (C=O) groups excluding carboxylic acids is 1. The van der Waals surface area contributed by atoms with Crippen molar-refractivity contribution in [2.45, 2.75) is 71.9 Å². The summed E-state index contributed by atoms with van der Waals surface area (Å²) in [5, 5.41) is 0. The van der Waals surface area contributed by atoms with Crippen LogP contribution in [0, 0.1) is 10.8 Å². The molecule has 0 aromatic rings. The first-order valence-electron chi connectivity index (χ1n) is 12.0. The van der Waals surface area contributed by atoms with Gasteiger partial charge < -0.3 is 14.7 Å². The van der Waals surface area contributed by atoms with Gasteiger partial charge in [-0.2, -0.15) is 0 Å². The average molecular weight is 457 g/mol. The minimum atomic E-state index is -2.95. The second-order valence-electron chi connectivity index (χ2n) is 11.2. The Morgan fingerprint density at radius 3 is 1.52 bits per heavy atom. The van der Waals surface area contributed by atoms with Gasteiger partial charge in [0.1, 0.15) is 0 Å². The zero-order chi connectivity index (χ0) is 23.0. The van der Waals surface area contributed by atoms with Crippen LogP contribution in [0.15, 0.2) is 0 Å². The van der Waals surface area contributed by atoms with Crippen molar-refractivity contribution in [2.75, 3.05) is 59.1 Å². The molecule has 0 saturated carbocycles. The van der Waals surface area contributed by atoms with Crippen LogP contribution in [0.25, 0.3) is 0 Å². The largest absolute Gasteiger partial charge is 0.345 e. The molecular weight excluding hydrogens is 412 g/mol. The highest BCUT2D eigenvalue weighted by molar-refractivity contribution is 7.88. The molecule has 7 nitrogen and oxygen atoms in total. The number of piperidine rings is 2. The second kappa shape index (κ2) is 9.27. The van der Waals surface area contributed by atoms with Gasteiger partial charge in [0, 0.05) is 50.6 Å². The predicted octanol–water partition coefficient (Wildman–Crippen LogP) is 2.09. The SMILES string of the molecule is CC(C)N1CCC2(CC1)CC(=O)N(C)C2.CC(C)N1CCC2(CC1)CN(S(C)(=O)=O)C2. The fourth-order valence-corrected chi connectivity index (χ4v) is 6.74. The van der Waals surface area contributed by atoms with Crippen molar-refractivity contribution in [3.05, 3.63) is 0 Å². The summed E-state index contributed by atoms with van der Waals surface area (Å²) in [7, 11) is -1.02. The summed E-state index contributed by atoms with van der Waals surface area (Å²) >= 11 is 0. The van der Waals surface area contributed by atoms with Gasteiger partial charge in [0.05, 0.1) is 6.26 Å². The zero-order valence-corrected chi connectivity index (χ0v) is 21.4. The van der Waals surface area contributed by atoms with Gasteiger partial charge in [-0.3, -0.25) is 4.79 Å². The van der Waals surface area contributed by atoms with Gasteiger partial charge >= 0.3 is 0 Å². The number of nitrogens with zero attached hydrogens (tertiary/aromatic N) is 4. The summed E-state index contributed by atoms with van der Waals surface area (Å²) in [5.74, 6) is 0.341. The maximum Gasteiger partial charge on any atom is 0.222 e. The smallest absolute Gasteiger partial charge is 0.222 e. The molecule has 0 unspecified atom stereocenters. The number of amides is 1. The number of sulfonamides is 1. The molecule has 180 valence electrons. The van der Waals surface area contributed by atoms with Crippen LogP contribution in [-0.2, 0) is 14.8 Å². The van der Waals surface area contributed by atoms with Crippen molar-refractivity contribution in [3.63, 3.8) is 0 Å². The molecule has 31 heavy (non-hydrogen) atoms. The fraction of sp³-hybridized carbons (Fsp3) is 0.957. The van der Waals surface area contributed by atoms with Gasteiger partial charge in [-0.25, -0.2) is 12.7 Å². The van der Waals surface area contributed by atoms with E-state index in [1.54, 1.807) is 4.31 Å². The highest BCUT2D eigenvalue weighted by atomic mass is 32.2. The Balaban J connectivity index is 0.000000176. The number of hydrogen-bond donors (Lipinski definition) is 0. The molecule has 8 heteroatoms. The lowest BCUT2D eigenvalue weighted by Crippen LogP contribution is -2.61. The highest BCUT2D eigenvalue weighted by Crippen LogP contribution is 2.42. The maximum absolute atomic E-state index is 11.6. The maximum atomic E-state index is 11.6. The van der Waals surface area contributed by atoms with E-state index in [1.165, 1.54) is 32.2 Å². The number of carbonyl (C=O) groups is 1. The summed E-state index contributed by atoms with van der Waals surface area (Å²) in [6.07, 6.45) is 6.79. The monoisotopic (exact) mass is 456 g/mol. The third-order valence-electron chi connectivity index (χ3n) is 8.20. The van der Waals surface area contributed by atoms with Crippen molar-refractivity contribution in [2.24, 2.45) is 10.8 Å². The number of rotatable bonds is 3. The standard InChI is InChI=1S/C12H22N2O.C11H22N2O2S/c1-10(2)14-6-4-12(5-7-14)8-11(15)13(3)9-12;1-10(2)12-6-4-11(5-7-12)8-13(9-11)16(3,14)15/h10H,4-9H2,1-3H3;10H,4-9H2,1-3H3. The molecule has 4 aliphatic rings. The van der Waals surface area contributed by atoms with Crippen LogP contribution in [0.5, 0.6) is 0 Å². The molecule has 4 aliphatic heterocycles. The van der Waals surface area contributed by atoms with Crippen LogP contribution in [0.1, 0.15) is 59.8 Å². The van der Waals surface area contributed by atoms with E-state index < -0.39 is 10.0 Å². The molecule has 4 saturated heterocycles. The van der Waals surface area contributed by atoms with E-state index in [2.05, 4.69) is 37.5 Å². The van der Waals surface area contributed by atoms with E-state index in [-0.39, 0.29) is 0 Å². The Morgan fingerprint density at radius 1 is 0.774 bits per heavy atom. The summed E-state index contributed by atoms with van der Waals surface area (Å²) in [5.41, 5.74) is 0.617. The summed E-state index contributed by atoms with van der Waals surface area (Å²) in [4.78, 5) is 18.5. The van der Waals surface area contributed by atoms with Crippen molar-refractivity contribution >= 4 is 15.9 Å². The Kier molecular flexibility index (Phi) is 7.46. The van der Waals surface area contributed by atoms with Crippen LogP contribution >= 0.6 is 0 Å². The third kappa shape index (κ3) is 5.81. The van der Waals surface area contributed by atoms with E-state index in [4.69, 9.17) is 0 Å². The quantitative estimate of drug-likeness (QED) is 0.651. The molecular formula is C23H44N4O3S. The summed E-state index contributed by atoms with van der Waals surface area (Å²) in [6, 6.07) is 1.26. The van der Waals surface area contributed by atoms with Crippen molar-refractivity contribution < 1.29 is 13.2 Å². The first-order valence-corrected chi connectivity index (χ1v) is 13.9. The van der Waals surface area contributed by atoms with E-state index in [9.17, 15) is 13.2 Å². The summed E-state index contributed by atoms with van der Waals surface area (Å²) in [6.45, 7) is 16.0. The molecule has 2 spiro atoms. The third-order valence-corrected chi connectivity index (χ3v) is 9.39. The first kappa shape index (κ1) is 24.9. The van der Waals surface area contributed by atoms with Gasteiger partial charge in [0.15, 0.2) is 0 Å². The van der Waals surface area contributed by atoms with Gasteiger partial charge in [0.2, 0.25) is 15.9 Å². The average Bonchev–Trinajstić information content (AvgIpc) is 2.93. The lowest BCUT2D eigenvalue weighted by molar-refractivity contribution is -0.126. The van der Waals surface area contributed by atoms with Gasteiger partial charge in [-0.1, -0.05) is 0 Å². The fourth-order valence-electron chi connectivity index (χ4n) is 5.72. The molecule has 0 atom stereocenters. The Morgan fingerprint density at radius 2 is 1.19 bits per heavy atom. The van der Waals surface area contributed by atoms with E-state index in [0.717, 1.165) is 52.0 Å². The molecule has 0 bridgehead atoms. The number of likely N-dealkylation sites (tertiary alicyclic amines) is 3. The molecule has 0 aliphatic carbocycles. The van der Waals surface area contributed by atoms with Gasteiger partial charge in [-0.15, -0.1) is 0 Å². The first-order chi connectivity index (χ1) is 14.3. The summed E-state index contributed by atoms with van der Waals surface area (Å²) < 4.78 is 24.3. The van der Waals surface area contributed by atoms with E-state index in [0.29, 0.717) is 28.8 Å². The van der Waals surface area contributed by atoms with Crippen LogP contribution in [0.2, 0.25) is 0 Å². The topological polar surface area (TPSA) is 64.2 Å². The number of hydrogen-bond acceptors (Lipinski definition) is 5. The Labute approximate surface area is 190 Å². The molecule has 0 aromatic carbocycles. The molecule has 4 rings (SSSR count). The van der Waals surface area contributed by atoms with Crippen molar-refractivity contribution in [1.82, 2.24) is 19.0 Å². The van der Waals surface area contributed by atoms with E-state index >= 15 is 0 Å². The predicted molar refractivity (Wildman–Crippen MR) is 125 cm³/mol. The molecule has 0 aromatic heterocycles. The normalized spacial score (nSPS) is 27.1. The molecule has 4 fully saturated rings. The van der Waals surface area contributed by atoms with E-state index in [1.807, 2.05) is 11.9 Å². The van der Waals surface area contributed by atoms with Crippen molar-refractivity contribution in [1.29, 1.82) is 0 Å². The van der Waals surface area contributed by atoms with Gasteiger partial charge in [-0.05, 0) is 85.0 Å². The van der Waals surface area contributed by atoms with Crippen LogP contribution in [-0.4, -0.2) is 105 Å². The molecule has 1 amide bonds. The van der Waals surface area contributed by atoms with Gasteiger partial charge in [0.25, 0.3) is 0 Å². The van der Waals surface area contributed by atoms with Crippen LogP contribution < -0.4 is 0 Å². The lowest BCUT2D eigenvalue weighted by atomic mass is 9.73. The van der Waals surface area contributed by atoms with Crippen molar-refractivity contribution in [3.8, 4) is 0 Å². The minimum Gasteiger partial charge on any atom is -0.345 e. The minimum absolute atomic E-state index is 0.300. The molecule has 0 radical (unpaired) electrons. The lowest BCUT2D eigenvalue weighted by Gasteiger charge is -2.53. The zero-order valence-electron chi connectivity index (χ0n) is 20.6. The van der Waals surface area contributed by atoms with Crippen LogP contribution in [0.3, 0.4) is 0 Å². The molecule has 4 heterocycles. The molecule has 0 N–H and O–H groups in total.